The molecular weight excluding hydrogens is 340 g/mol. The molecule has 2 heterocycles. The highest BCUT2D eigenvalue weighted by Crippen LogP contribution is 2.35. The van der Waals surface area contributed by atoms with E-state index >= 15 is 0 Å². The Kier molecular flexibility index (Phi) is 3.49. The van der Waals surface area contributed by atoms with Crippen molar-refractivity contribution >= 4 is 34.2 Å². The molecule has 0 bridgehead atoms. The van der Waals surface area contributed by atoms with Gasteiger partial charge in [0.05, 0.1) is 11.1 Å². The van der Waals surface area contributed by atoms with Crippen molar-refractivity contribution in [3.63, 3.8) is 0 Å². The van der Waals surface area contributed by atoms with Gasteiger partial charge in [-0.3, -0.25) is 4.57 Å². The minimum atomic E-state index is -4.49. The molecule has 22 heavy (non-hydrogen) atoms. The predicted molar refractivity (Wildman–Crippen MR) is 76.4 cm³/mol. The zero-order valence-electron chi connectivity index (χ0n) is 11.0. The monoisotopic (exact) mass is 346 g/mol. The Hall–Kier alpha value is -1.86. The summed E-state index contributed by atoms with van der Waals surface area (Å²) in [5, 5.41) is -0.0149. The van der Waals surface area contributed by atoms with Crippen LogP contribution < -0.4 is 0 Å². The van der Waals surface area contributed by atoms with Crippen molar-refractivity contribution in [3.05, 3.63) is 46.1 Å². The van der Waals surface area contributed by atoms with Gasteiger partial charge in [-0.1, -0.05) is 17.7 Å². The molecule has 0 aliphatic heterocycles. The van der Waals surface area contributed by atoms with Crippen LogP contribution in [-0.4, -0.2) is 19.5 Å². The third-order valence-corrected chi connectivity index (χ3v) is 3.40. The van der Waals surface area contributed by atoms with Crippen molar-refractivity contribution in [2.45, 2.75) is 13.1 Å². The van der Waals surface area contributed by atoms with E-state index in [9.17, 15) is 13.2 Å². The highest BCUT2D eigenvalue weighted by atomic mass is 35.5. The Morgan fingerprint density at radius 1 is 1.09 bits per heavy atom. The van der Waals surface area contributed by atoms with Crippen LogP contribution in [0.2, 0.25) is 10.4 Å². The molecular formula is C13H7Cl2F3N4. The van der Waals surface area contributed by atoms with Gasteiger partial charge in [-0.15, -0.1) is 0 Å². The average molecular weight is 347 g/mol. The molecule has 0 unspecified atom stereocenters. The molecule has 2 aromatic heterocycles. The number of fused-ring (bicyclic) bond motifs is 1. The summed E-state index contributed by atoms with van der Waals surface area (Å²) in [5.41, 5.74) is -0.699. The Morgan fingerprint density at radius 2 is 1.82 bits per heavy atom. The van der Waals surface area contributed by atoms with Crippen LogP contribution in [0.25, 0.3) is 16.9 Å². The highest BCUT2D eigenvalue weighted by Gasteiger charge is 2.34. The van der Waals surface area contributed by atoms with Gasteiger partial charge in [0.25, 0.3) is 0 Å². The lowest BCUT2D eigenvalue weighted by Gasteiger charge is -2.08. The topological polar surface area (TPSA) is 43.6 Å². The van der Waals surface area contributed by atoms with E-state index in [1.54, 1.807) is 6.92 Å². The van der Waals surface area contributed by atoms with Crippen LogP contribution in [0, 0.1) is 6.92 Å². The Morgan fingerprint density at radius 3 is 2.45 bits per heavy atom. The number of imidazole rings is 1. The zero-order valence-corrected chi connectivity index (χ0v) is 12.5. The van der Waals surface area contributed by atoms with Crippen LogP contribution in [0.1, 0.15) is 11.4 Å². The van der Waals surface area contributed by atoms with Gasteiger partial charge in [-0.2, -0.15) is 18.2 Å². The van der Waals surface area contributed by atoms with Crippen LogP contribution in [0.15, 0.2) is 24.3 Å². The van der Waals surface area contributed by atoms with Gasteiger partial charge in [-0.25, -0.2) is 9.97 Å². The lowest BCUT2D eigenvalue weighted by Crippen LogP contribution is -2.06. The third-order valence-electron chi connectivity index (χ3n) is 3.04. The summed E-state index contributed by atoms with van der Waals surface area (Å²) < 4.78 is 40.7. The van der Waals surface area contributed by atoms with Gasteiger partial charge in [0.2, 0.25) is 5.28 Å². The fraction of sp³-hybridized carbons (Fsp3) is 0.154. The smallest absolute Gasteiger partial charge is 0.280 e. The second-order valence-corrected chi connectivity index (χ2v) is 5.21. The molecule has 0 amide bonds. The van der Waals surface area contributed by atoms with E-state index in [-0.39, 0.29) is 27.3 Å². The van der Waals surface area contributed by atoms with Crippen LogP contribution in [0.4, 0.5) is 13.2 Å². The van der Waals surface area contributed by atoms with Crippen molar-refractivity contribution in [1.82, 2.24) is 19.5 Å². The summed E-state index contributed by atoms with van der Waals surface area (Å²) in [6, 6.07) is 5.22. The van der Waals surface area contributed by atoms with E-state index in [2.05, 4.69) is 15.0 Å². The van der Waals surface area contributed by atoms with Gasteiger partial charge in [0, 0.05) is 6.07 Å². The highest BCUT2D eigenvalue weighted by molar-refractivity contribution is 6.31. The van der Waals surface area contributed by atoms with Crippen molar-refractivity contribution in [3.8, 4) is 5.82 Å². The molecule has 0 saturated carbocycles. The third kappa shape index (κ3) is 2.50. The quantitative estimate of drug-likeness (QED) is 0.483. The second-order valence-electron chi connectivity index (χ2n) is 4.48. The average Bonchev–Trinajstić information content (AvgIpc) is 2.71. The number of rotatable bonds is 1. The molecule has 3 rings (SSSR count). The van der Waals surface area contributed by atoms with Crippen molar-refractivity contribution in [1.29, 1.82) is 0 Å². The first-order valence-electron chi connectivity index (χ1n) is 6.03. The van der Waals surface area contributed by atoms with E-state index < -0.39 is 11.7 Å². The molecule has 9 heteroatoms. The Labute approximate surface area is 132 Å². The lowest BCUT2D eigenvalue weighted by molar-refractivity contribution is -0.136. The largest absolute Gasteiger partial charge is 0.418 e. The molecule has 0 aliphatic carbocycles. The Balaban J connectivity index is 2.34. The van der Waals surface area contributed by atoms with Crippen molar-refractivity contribution in [2.75, 3.05) is 0 Å². The summed E-state index contributed by atoms with van der Waals surface area (Å²) in [5.74, 6) is 0.585. The molecule has 0 fully saturated rings. The van der Waals surface area contributed by atoms with Gasteiger partial charge in [-0.05, 0) is 30.7 Å². The molecule has 0 spiro atoms. The molecule has 4 nitrogen and oxygen atoms in total. The standard InChI is InChI=1S/C13H7Cl2F3N4/c1-6-19-11-7(13(16,17)18)3-2-4-8(11)22(6)10-5-9(14)20-12(15)21-10/h2-5H,1H3. The van der Waals surface area contributed by atoms with E-state index in [0.29, 0.717) is 5.82 Å². The SMILES string of the molecule is Cc1nc2c(C(F)(F)F)cccc2n1-c1cc(Cl)nc(Cl)n1. The number of hydrogen-bond acceptors (Lipinski definition) is 3. The molecule has 0 saturated heterocycles. The van der Waals surface area contributed by atoms with E-state index in [0.717, 1.165) is 6.07 Å². The van der Waals surface area contributed by atoms with Crippen LogP contribution in [0.3, 0.4) is 0 Å². The number of para-hydroxylation sites is 1. The first kappa shape index (κ1) is 15.1. The summed E-state index contributed by atoms with van der Waals surface area (Å²) in [7, 11) is 0. The molecule has 114 valence electrons. The summed E-state index contributed by atoms with van der Waals surface area (Å²) >= 11 is 11.6. The van der Waals surface area contributed by atoms with E-state index in [1.807, 2.05) is 0 Å². The summed E-state index contributed by atoms with van der Waals surface area (Å²) in [6.45, 7) is 1.57. The normalized spacial score (nSPS) is 12.1. The summed E-state index contributed by atoms with van der Waals surface area (Å²) in [6.07, 6.45) is -4.49. The number of halogens is 5. The van der Waals surface area contributed by atoms with Gasteiger partial charge < -0.3 is 0 Å². The number of nitrogens with zero attached hydrogens (tertiary/aromatic N) is 4. The maximum atomic E-state index is 13.1. The van der Waals surface area contributed by atoms with Crippen molar-refractivity contribution in [2.24, 2.45) is 0 Å². The number of benzene rings is 1. The van der Waals surface area contributed by atoms with Gasteiger partial charge in [0.1, 0.15) is 22.3 Å². The molecule has 3 aromatic rings. The van der Waals surface area contributed by atoms with Crippen molar-refractivity contribution < 1.29 is 13.2 Å². The minimum absolute atomic E-state index is 0.0863. The van der Waals surface area contributed by atoms with Crippen LogP contribution in [0.5, 0.6) is 0 Å². The van der Waals surface area contributed by atoms with Crippen LogP contribution >= 0.6 is 23.2 Å². The fourth-order valence-electron chi connectivity index (χ4n) is 2.23. The van der Waals surface area contributed by atoms with Gasteiger partial charge in [0.15, 0.2) is 0 Å². The van der Waals surface area contributed by atoms with Gasteiger partial charge >= 0.3 is 6.18 Å². The molecule has 1 aromatic carbocycles. The molecule has 0 atom stereocenters. The lowest BCUT2D eigenvalue weighted by atomic mass is 10.2. The van der Waals surface area contributed by atoms with E-state index in [1.165, 1.54) is 22.8 Å². The second kappa shape index (κ2) is 5.10. The fourth-order valence-corrected chi connectivity index (χ4v) is 2.63. The number of alkyl halides is 3. The number of aromatic nitrogens is 4. The first-order valence-corrected chi connectivity index (χ1v) is 6.78. The maximum absolute atomic E-state index is 13.1. The molecule has 0 radical (unpaired) electrons. The maximum Gasteiger partial charge on any atom is 0.418 e. The van der Waals surface area contributed by atoms with Crippen LogP contribution in [-0.2, 0) is 6.18 Å². The zero-order chi connectivity index (χ0) is 16.1. The molecule has 0 aliphatic rings. The Bertz CT molecular complexity index is 853. The number of hydrogen-bond donors (Lipinski definition) is 0. The molecule has 0 N–H and O–H groups in total. The number of aryl methyl sites for hydroxylation is 1. The van der Waals surface area contributed by atoms with E-state index in [4.69, 9.17) is 23.2 Å². The summed E-state index contributed by atoms with van der Waals surface area (Å²) in [4.78, 5) is 11.7. The predicted octanol–water partition coefficient (Wildman–Crippen LogP) is 4.45. The minimum Gasteiger partial charge on any atom is -0.280 e. The first-order chi connectivity index (χ1) is 10.3.